The van der Waals surface area contributed by atoms with Crippen LogP contribution >= 0.6 is 11.8 Å². The number of ether oxygens (including phenoxy) is 2. The summed E-state index contributed by atoms with van der Waals surface area (Å²) in [5.74, 6) is 3.82. The summed E-state index contributed by atoms with van der Waals surface area (Å²) in [7, 11) is 0. The second kappa shape index (κ2) is 5.19. The molecule has 17 heavy (non-hydrogen) atoms. The van der Waals surface area contributed by atoms with E-state index >= 15 is 0 Å². The van der Waals surface area contributed by atoms with Gasteiger partial charge in [-0.15, -0.1) is 11.8 Å². The number of fused-ring (bicyclic) bond motifs is 1. The third-order valence-electron chi connectivity index (χ3n) is 3.29. The number of benzene rings is 1. The quantitative estimate of drug-likeness (QED) is 0.836. The highest BCUT2D eigenvalue weighted by molar-refractivity contribution is 7.99. The molecule has 2 aliphatic rings. The number of piperidine rings is 1. The topological polar surface area (TPSA) is 30.5 Å². The molecule has 0 saturated carbocycles. The van der Waals surface area contributed by atoms with E-state index in [1.807, 2.05) is 17.8 Å². The van der Waals surface area contributed by atoms with Gasteiger partial charge in [0.05, 0.1) is 0 Å². The van der Waals surface area contributed by atoms with Crippen molar-refractivity contribution in [2.45, 2.75) is 17.7 Å². The fourth-order valence-corrected chi connectivity index (χ4v) is 3.35. The molecule has 0 atom stereocenters. The van der Waals surface area contributed by atoms with E-state index in [0.29, 0.717) is 6.79 Å². The lowest BCUT2D eigenvalue weighted by molar-refractivity contribution is 0.174. The van der Waals surface area contributed by atoms with Gasteiger partial charge in [0.25, 0.3) is 0 Å². The molecule has 0 aliphatic carbocycles. The zero-order valence-corrected chi connectivity index (χ0v) is 10.6. The van der Waals surface area contributed by atoms with Gasteiger partial charge in [0, 0.05) is 10.6 Å². The van der Waals surface area contributed by atoms with E-state index in [0.717, 1.165) is 17.4 Å². The van der Waals surface area contributed by atoms with Gasteiger partial charge in [-0.25, -0.2) is 0 Å². The molecule has 3 rings (SSSR count). The monoisotopic (exact) mass is 251 g/mol. The highest BCUT2D eigenvalue weighted by atomic mass is 32.2. The Kier molecular flexibility index (Phi) is 3.43. The predicted octanol–water partition coefficient (Wildman–Crippen LogP) is 2.51. The number of rotatable bonds is 3. The van der Waals surface area contributed by atoms with Crippen molar-refractivity contribution in [3.8, 4) is 11.5 Å². The number of hydrogen-bond donors (Lipinski definition) is 1. The molecule has 0 radical (unpaired) electrons. The zero-order valence-electron chi connectivity index (χ0n) is 9.78. The maximum Gasteiger partial charge on any atom is 0.231 e. The molecule has 0 amide bonds. The number of hydrogen-bond acceptors (Lipinski definition) is 4. The van der Waals surface area contributed by atoms with Gasteiger partial charge in [-0.2, -0.15) is 0 Å². The minimum atomic E-state index is 0.359. The molecule has 92 valence electrons. The van der Waals surface area contributed by atoms with Crippen LogP contribution in [0.1, 0.15) is 12.8 Å². The summed E-state index contributed by atoms with van der Waals surface area (Å²) in [6.07, 6.45) is 2.61. The van der Waals surface area contributed by atoms with E-state index in [2.05, 4.69) is 17.4 Å². The van der Waals surface area contributed by atoms with Crippen molar-refractivity contribution in [3.05, 3.63) is 18.2 Å². The number of nitrogens with one attached hydrogen (secondary N) is 1. The van der Waals surface area contributed by atoms with Gasteiger partial charge >= 0.3 is 0 Å². The van der Waals surface area contributed by atoms with Crippen molar-refractivity contribution >= 4 is 11.8 Å². The van der Waals surface area contributed by atoms with E-state index in [1.165, 1.54) is 36.6 Å². The molecular formula is C13H17NO2S. The molecule has 0 spiro atoms. The molecule has 1 fully saturated rings. The molecule has 0 unspecified atom stereocenters. The van der Waals surface area contributed by atoms with Crippen molar-refractivity contribution in [1.82, 2.24) is 5.32 Å². The SMILES string of the molecule is c1cc2c(cc1SCC1CCNCC1)OCO2. The summed E-state index contributed by atoms with van der Waals surface area (Å²) in [4.78, 5) is 1.28. The van der Waals surface area contributed by atoms with Gasteiger partial charge in [-0.05, 0) is 50.0 Å². The second-order valence-electron chi connectivity index (χ2n) is 4.52. The van der Waals surface area contributed by atoms with Crippen LogP contribution in [0.3, 0.4) is 0 Å². The third kappa shape index (κ3) is 2.69. The highest BCUT2D eigenvalue weighted by Crippen LogP contribution is 2.36. The summed E-state index contributed by atoms with van der Waals surface area (Å²) in [6.45, 7) is 2.70. The summed E-state index contributed by atoms with van der Waals surface area (Å²) < 4.78 is 10.7. The molecule has 1 N–H and O–H groups in total. The smallest absolute Gasteiger partial charge is 0.231 e. The van der Waals surface area contributed by atoms with Crippen LogP contribution in [0.5, 0.6) is 11.5 Å². The molecule has 2 aliphatic heterocycles. The van der Waals surface area contributed by atoms with Crippen molar-refractivity contribution in [2.75, 3.05) is 25.6 Å². The highest BCUT2D eigenvalue weighted by Gasteiger charge is 2.16. The first-order chi connectivity index (χ1) is 8.42. The Morgan fingerprint density at radius 1 is 1.18 bits per heavy atom. The lowest BCUT2D eigenvalue weighted by Crippen LogP contribution is -2.28. The minimum Gasteiger partial charge on any atom is -0.454 e. The Morgan fingerprint density at radius 2 is 2.00 bits per heavy atom. The second-order valence-corrected chi connectivity index (χ2v) is 5.61. The average molecular weight is 251 g/mol. The van der Waals surface area contributed by atoms with Crippen molar-refractivity contribution in [1.29, 1.82) is 0 Å². The summed E-state index contributed by atoms with van der Waals surface area (Å²) in [5.41, 5.74) is 0. The van der Waals surface area contributed by atoms with Crippen molar-refractivity contribution < 1.29 is 9.47 Å². The summed E-state index contributed by atoms with van der Waals surface area (Å²) >= 11 is 1.93. The Labute approximate surface area is 106 Å². The van der Waals surface area contributed by atoms with Crippen LogP contribution in [0.25, 0.3) is 0 Å². The average Bonchev–Trinajstić information content (AvgIpc) is 2.85. The predicted molar refractivity (Wildman–Crippen MR) is 68.9 cm³/mol. The molecule has 2 heterocycles. The van der Waals surface area contributed by atoms with Gasteiger partial charge in [-0.3, -0.25) is 0 Å². The zero-order chi connectivity index (χ0) is 11.5. The molecule has 1 aromatic rings. The van der Waals surface area contributed by atoms with Crippen LogP contribution in [-0.4, -0.2) is 25.6 Å². The molecule has 0 aromatic heterocycles. The lowest BCUT2D eigenvalue weighted by atomic mass is 10.0. The lowest BCUT2D eigenvalue weighted by Gasteiger charge is -2.22. The Hall–Kier alpha value is -0.870. The maximum absolute atomic E-state index is 5.39. The molecule has 0 bridgehead atoms. The molecule has 1 saturated heterocycles. The van der Waals surface area contributed by atoms with Crippen LogP contribution in [0.2, 0.25) is 0 Å². The van der Waals surface area contributed by atoms with E-state index in [1.54, 1.807) is 0 Å². The van der Waals surface area contributed by atoms with Crippen LogP contribution in [0.15, 0.2) is 23.1 Å². The fourth-order valence-electron chi connectivity index (χ4n) is 2.23. The first-order valence-corrected chi connectivity index (χ1v) is 7.13. The largest absolute Gasteiger partial charge is 0.454 e. The van der Waals surface area contributed by atoms with E-state index in [-0.39, 0.29) is 0 Å². The van der Waals surface area contributed by atoms with Crippen LogP contribution in [0, 0.1) is 5.92 Å². The third-order valence-corrected chi connectivity index (χ3v) is 4.51. The number of thioether (sulfide) groups is 1. The van der Waals surface area contributed by atoms with Gasteiger partial charge in [-0.1, -0.05) is 0 Å². The fraction of sp³-hybridized carbons (Fsp3) is 0.538. The van der Waals surface area contributed by atoms with E-state index < -0.39 is 0 Å². The Morgan fingerprint density at radius 3 is 2.88 bits per heavy atom. The van der Waals surface area contributed by atoms with Gasteiger partial charge < -0.3 is 14.8 Å². The van der Waals surface area contributed by atoms with Crippen molar-refractivity contribution in [2.24, 2.45) is 5.92 Å². The molecule has 4 heteroatoms. The Balaban J connectivity index is 1.57. The molecule has 3 nitrogen and oxygen atoms in total. The summed E-state index contributed by atoms with van der Waals surface area (Å²) in [6, 6.07) is 6.22. The first kappa shape index (κ1) is 11.2. The standard InChI is InChI=1S/C13H17NO2S/c1-2-12-13(16-9-15-12)7-11(1)17-8-10-3-5-14-6-4-10/h1-2,7,10,14H,3-6,8-9H2. The molecule has 1 aromatic carbocycles. The van der Waals surface area contributed by atoms with E-state index in [9.17, 15) is 0 Å². The van der Waals surface area contributed by atoms with Crippen LogP contribution in [0.4, 0.5) is 0 Å². The molecular weight excluding hydrogens is 234 g/mol. The van der Waals surface area contributed by atoms with Crippen molar-refractivity contribution in [3.63, 3.8) is 0 Å². The van der Waals surface area contributed by atoms with Crippen LogP contribution < -0.4 is 14.8 Å². The first-order valence-electron chi connectivity index (χ1n) is 6.15. The van der Waals surface area contributed by atoms with Gasteiger partial charge in [0.1, 0.15) is 0 Å². The summed E-state index contributed by atoms with van der Waals surface area (Å²) in [5, 5.41) is 3.40. The Bertz CT molecular complexity index is 391. The normalized spacial score (nSPS) is 19.5. The van der Waals surface area contributed by atoms with Gasteiger partial charge in [0.2, 0.25) is 6.79 Å². The minimum absolute atomic E-state index is 0.359. The maximum atomic E-state index is 5.39. The van der Waals surface area contributed by atoms with Crippen LogP contribution in [-0.2, 0) is 0 Å². The van der Waals surface area contributed by atoms with Gasteiger partial charge in [0.15, 0.2) is 11.5 Å². The van der Waals surface area contributed by atoms with E-state index in [4.69, 9.17) is 9.47 Å².